The Bertz CT molecular complexity index is 819. The van der Waals surface area contributed by atoms with Crippen LogP contribution in [0.25, 0.3) is 0 Å². The van der Waals surface area contributed by atoms with Crippen LogP contribution in [0.4, 0.5) is 18.9 Å². The average Bonchev–Trinajstić information content (AvgIpc) is 2.61. The Balaban J connectivity index is 1.53. The highest BCUT2D eigenvalue weighted by atomic mass is 19.4. The number of rotatable bonds is 4. The SMILES string of the molecule is O=C(NCCC1Oc2ccccc2NC1=O)c1ccc(C(F)(F)F)cc1. The van der Waals surface area contributed by atoms with Gasteiger partial charge in [-0.1, -0.05) is 12.1 Å². The first-order chi connectivity index (χ1) is 12.3. The van der Waals surface area contributed by atoms with Gasteiger partial charge in [-0.15, -0.1) is 0 Å². The topological polar surface area (TPSA) is 67.4 Å². The predicted molar refractivity (Wildman–Crippen MR) is 87.9 cm³/mol. The summed E-state index contributed by atoms with van der Waals surface area (Å²) in [5.41, 5.74) is -0.125. The van der Waals surface area contributed by atoms with Crippen LogP contribution in [-0.4, -0.2) is 24.5 Å². The maximum absolute atomic E-state index is 12.5. The molecule has 0 saturated heterocycles. The lowest BCUT2D eigenvalue weighted by Gasteiger charge is -2.25. The van der Waals surface area contributed by atoms with E-state index in [0.29, 0.717) is 11.4 Å². The van der Waals surface area contributed by atoms with Crippen LogP contribution in [0.5, 0.6) is 5.75 Å². The second kappa shape index (κ2) is 7.07. The molecule has 8 heteroatoms. The molecule has 1 atom stereocenters. The molecule has 0 spiro atoms. The molecule has 1 aliphatic rings. The highest BCUT2D eigenvalue weighted by Gasteiger charge is 2.30. The van der Waals surface area contributed by atoms with E-state index >= 15 is 0 Å². The van der Waals surface area contributed by atoms with Crippen LogP contribution in [-0.2, 0) is 11.0 Å². The number of fused-ring (bicyclic) bond motifs is 1. The summed E-state index contributed by atoms with van der Waals surface area (Å²) >= 11 is 0. The first-order valence-corrected chi connectivity index (χ1v) is 7.86. The van der Waals surface area contributed by atoms with Gasteiger partial charge in [-0.3, -0.25) is 9.59 Å². The van der Waals surface area contributed by atoms with E-state index in [9.17, 15) is 22.8 Å². The number of para-hydroxylation sites is 2. The summed E-state index contributed by atoms with van der Waals surface area (Å²) in [7, 11) is 0. The number of hydrogen-bond acceptors (Lipinski definition) is 3. The molecule has 0 aliphatic carbocycles. The van der Waals surface area contributed by atoms with E-state index in [1.165, 1.54) is 0 Å². The second-order valence-corrected chi connectivity index (χ2v) is 5.71. The van der Waals surface area contributed by atoms with Crippen LogP contribution < -0.4 is 15.4 Å². The third-order valence-corrected chi connectivity index (χ3v) is 3.87. The van der Waals surface area contributed by atoms with Gasteiger partial charge in [0.25, 0.3) is 11.8 Å². The van der Waals surface area contributed by atoms with Gasteiger partial charge in [-0.2, -0.15) is 13.2 Å². The van der Waals surface area contributed by atoms with Gasteiger partial charge < -0.3 is 15.4 Å². The fourth-order valence-electron chi connectivity index (χ4n) is 2.51. The van der Waals surface area contributed by atoms with Gasteiger partial charge in [-0.05, 0) is 36.4 Å². The predicted octanol–water partition coefficient (Wildman–Crippen LogP) is 3.23. The first kappa shape index (κ1) is 17.8. The highest BCUT2D eigenvalue weighted by molar-refractivity contribution is 5.98. The molecule has 2 aromatic rings. The fraction of sp³-hybridized carbons (Fsp3) is 0.222. The minimum Gasteiger partial charge on any atom is -0.478 e. The Morgan fingerprint density at radius 2 is 1.81 bits per heavy atom. The van der Waals surface area contributed by atoms with Crippen molar-refractivity contribution < 1.29 is 27.5 Å². The van der Waals surface area contributed by atoms with Gasteiger partial charge in [0.05, 0.1) is 11.3 Å². The van der Waals surface area contributed by atoms with Crippen molar-refractivity contribution in [2.45, 2.75) is 18.7 Å². The summed E-state index contributed by atoms with van der Waals surface area (Å²) in [6.07, 6.45) is -4.97. The van der Waals surface area contributed by atoms with E-state index in [-0.39, 0.29) is 24.4 Å². The van der Waals surface area contributed by atoms with Gasteiger partial charge in [0, 0.05) is 18.5 Å². The number of carbonyl (C=O) groups excluding carboxylic acids is 2. The Hall–Kier alpha value is -3.03. The van der Waals surface area contributed by atoms with Gasteiger partial charge >= 0.3 is 6.18 Å². The van der Waals surface area contributed by atoms with Crippen LogP contribution in [0.15, 0.2) is 48.5 Å². The molecule has 1 unspecified atom stereocenters. The number of amides is 2. The van der Waals surface area contributed by atoms with Crippen molar-refractivity contribution in [3.63, 3.8) is 0 Å². The number of halogens is 3. The lowest BCUT2D eigenvalue weighted by Crippen LogP contribution is -2.39. The molecule has 2 N–H and O–H groups in total. The smallest absolute Gasteiger partial charge is 0.416 e. The van der Waals surface area contributed by atoms with E-state index in [2.05, 4.69) is 10.6 Å². The Morgan fingerprint density at radius 3 is 2.50 bits per heavy atom. The van der Waals surface area contributed by atoms with Gasteiger partial charge in [0.15, 0.2) is 6.10 Å². The largest absolute Gasteiger partial charge is 0.478 e. The zero-order valence-corrected chi connectivity index (χ0v) is 13.5. The third-order valence-electron chi connectivity index (χ3n) is 3.87. The molecule has 0 fully saturated rings. The summed E-state index contributed by atoms with van der Waals surface area (Å²) in [6, 6.07) is 10.9. The number of anilines is 1. The maximum Gasteiger partial charge on any atom is 0.416 e. The molecular formula is C18H15F3N2O3. The van der Waals surface area contributed by atoms with E-state index in [0.717, 1.165) is 24.3 Å². The van der Waals surface area contributed by atoms with Gasteiger partial charge in [-0.25, -0.2) is 0 Å². The molecule has 0 radical (unpaired) electrons. The quantitative estimate of drug-likeness (QED) is 0.875. The number of nitrogens with one attached hydrogen (secondary N) is 2. The van der Waals surface area contributed by atoms with E-state index < -0.39 is 23.8 Å². The lowest BCUT2D eigenvalue weighted by atomic mass is 10.1. The summed E-state index contributed by atoms with van der Waals surface area (Å²) in [6.45, 7) is 0.139. The molecule has 26 heavy (non-hydrogen) atoms. The summed E-state index contributed by atoms with van der Waals surface area (Å²) < 4.78 is 43.2. The van der Waals surface area contributed by atoms with Gasteiger partial charge in [0.2, 0.25) is 0 Å². The average molecular weight is 364 g/mol. The van der Waals surface area contributed by atoms with Crippen molar-refractivity contribution in [3.8, 4) is 5.75 Å². The van der Waals surface area contributed by atoms with E-state index in [4.69, 9.17) is 4.74 Å². The minimum atomic E-state index is -4.45. The van der Waals surface area contributed by atoms with Crippen LogP contribution in [0.2, 0.25) is 0 Å². The molecule has 2 aromatic carbocycles. The molecule has 0 saturated carbocycles. The van der Waals surface area contributed by atoms with Crippen LogP contribution in [0.1, 0.15) is 22.3 Å². The number of alkyl halides is 3. The van der Waals surface area contributed by atoms with Crippen molar-refractivity contribution in [2.24, 2.45) is 0 Å². The molecule has 0 aromatic heterocycles. The molecule has 5 nitrogen and oxygen atoms in total. The zero-order chi connectivity index (χ0) is 18.7. The Labute approximate surface area is 147 Å². The van der Waals surface area contributed by atoms with Crippen LogP contribution in [0, 0.1) is 0 Å². The number of hydrogen-bond donors (Lipinski definition) is 2. The first-order valence-electron chi connectivity index (χ1n) is 7.86. The standard InChI is InChI=1S/C18H15F3N2O3/c19-18(20,21)12-7-5-11(6-8-12)16(24)22-10-9-15-17(25)23-13-3-1-2-4-14(13)26-15/h1-8,15H,9-10H2,(H,22,24)(H,23,25). The van der Waals surface area contributed by atoms with Crippen molar-refractivity contribution in [1.29, 1.82) is 0 Å². The minimum absolute atomic E-state index is 0.109. The van der Waals surface area contributed by atoms with Crippen LogP contribution in [0.3, 0.4) is 0 Å². The van der Waals surface area contributed by atoms with Crippen LogP contribution >= 0.6 is 0 Å². The summed E-state index contributed by atoms with van der Waals surface area (Å²) in [4.78, 5) is 24.0. The molecule has 1 aliphatic heterocycles. The van der Waals surface area contributed by atoms with Crippen molar-refractivity contribution >= 4 is 17.5 Å². The fourth-order valence-corrected chi connectivity index (χ4v) is 2.51. The Kier molecular flexibility index (Phi) is 4.83. The molecule has 0 bridgehead atoms. The zero-order valence-electron chi connectivity index (χ0n) is 13.5. The molecule has 136 valence electrons. The Morgan fingerprint density at radius 1 is 1.12 bits per heavy atom. The normalized spacial score (nSPS) is 16.3. The molecule has 3 rings (SSSR count). The summed E-state index contributed by atoms with van der Waals surface area (Å²) in [5, 5.41) is 5.29. The third kappa shape index (κ3) is 3.96. The number of benzene rings is 2. The van der Waals surface area contributed by atoms with Crippen molar-refractivity contribution in [3.05, 3.63) is 59.7 Å². The second-order valence-electron chi connectivity index (χ2n) is 5.71. The van der Waals surface area contributed by atoms with E-state index in [1.54, 1.807) is 24.3 Å². The highest BCUT2D eigenvalue weighted by Crippen LogP contribution is 2.30. The lowest BCUT2D eigenvalue weighted by molar-refractivity contribution is -0.137. The molecule has 1 heterocycles. The monoisotopic (exact) mass is 364 g/mol. The number of ether oxygens (including phenoxy) is 1. The molecular weight excluding hydrogens is 349 g/mol. The maximum atomic E-state index is 12.5. The van der Waals surface area contributed by atoms with E-state index in [1.807, 2.05) is 0 Å². The van der Waals surface area contributed by atoms with Gasteiger partial charge in [0.1, 0.15) is 5.75 Å². The molecule has 2 amide bonds. The van der Waals surface area contributed by atoms with Crippen molar-refractivity contribution in [1.82, 2.24) is 5.32 Å². The number of carbonyl (C=O) groups is 2. The van der Waals surface area contributed by atoms with Crippen molar-refractivity contribution in [2.75, 3.05) is 11.9 Å². The summed E-state index contributed by atoms with van der Waals surface area (Å²) in [5.74, 6) is -0.283.